The molecule has 4 nitrogen and oxygen atoms in total. The van der Waals surface area contributed by atoms with E-state index >= 15 is 0 Å². The van der Waals surface area contributed by atoms with Gasteiger partial charge in [0, 0.05) is 18.0 Å². The number of aliphatic hydroxyl groups is 1. The van der Waals surface area contributed by atoms with Gasteiger partial charge in [0.25, 0.3) is 0 Å². The Labute approximate surface area is 115 Å². The highest BCUT2D eigenvalue weighted by atomic mass is 35.5. The van der Waals surface area contributed by atoms with Crippen LogP contribution in [0, 0.1) is 5.92 Å². The van der Waals surface area contributed by atoms with Crippen molar-refractivity contribution < 1.29 is 14.6 Å². The fraction of sp³-hybridized carbons (Fsp3) is 0.583. The summed E-state index contributed by atoms with van der Waals surface area (Å²) in [4.78, 5) is 12.6. The molecule has 0 saturated carbocycles. The molecule has 3 atom stereocenters. The van der Waals surface area contributed by atoms with Crippen LogP contribution in [0.1, 0.15) is 24.3 Å². The molecule has 1 amide bonds. The number of thiophene rings is 1. The molecule has 1 aliphatic heterocycles. The van der Waals surface area contributed by atoms with Gasteiger partial charge in [-0.1, -0.05) is 11.6 Å². The van der Waals surface area contributed by atoms with Crippen LogP contribution in [0.15, 0.2) is 12.1 Å². The molecule has 0 aromatic carbocycles. The number of hydrogen-bond acceptors (Lipinski definition) is 4. The van der Waals surface area contributed by atoms with Crippen LogP contribution >= 0.6 is 22.9 Å². The van der Waals surface area contributed by atoms with E-state index in [0.29, 0.717) is 10.9 Å². The smallest absolute Gasteiger partial charge is 0.225 e. The lowest BCUT2D eigenvalue weighted by Gasteiger charge is -2.15. The number of nitrogens with one attached hydrogen (secondary N) is 1. The first-order valence-electron chi connectivity index (χ1n) is 5.90. The van der Waals surface area contributed by atoms with Crippen molar-refractivity contribution in [2.45, 2.75) is 25.6 Å². The van der Waals surface area contributed by atoms with Gasteiger partial charge in [-0.05, 0) is 25.5 Å². The van der Waals surface area contributed by atoms with Crippen LogP contribution in [0.3, 0.4) is 0 Å². The monoisotopic (exact) mass is 289 g/mol. The highest BCUT2D eigenvalue weighted by molar-refractivity contribution is 7.16. The van der Waals surface area contributed by atoms with E-state index in [1.54, 1.807) is 12.1 Å². The summed E-state index contributed by atoms with van der Waals surface area (Å²) in [5, 5.41) is 12.7. The normalized spacial score (nSPS) is 25.1. The lowest BCUT2D eigenvalue weighted by atomic mass is 10.0. The summed E-state index contributed by atoms with van der Waals surface area (Å²) in [5.74, 6) is -0.161. The summed E-state index contributed by atoms with van der Waals surface area (Å²) in [7, 11) is 0. The fourth-order valence-electron chi connectivity index (χ4n) is 2.01. The second-order valence-electron chi connectivity index (χ2n) is 4.37. The van der Waals surface area contributed by atoms with Gasteiger partial charge in [-0.2, -0.15) is 0 Å². The van der Waals surface area contributed by atoms with Gasteiger partial charge in [-0.3, -0.25) is 4.79 Å². The van der Waals surface area contributed by atoms with Crippen LogP contribution in [0.4, 0.5) is 0 Å². The largest absolute Gasteiger partial charge is 0.386 e. The molecule has 0 aliphatic carbocycles. The van der Waals surface area contributed by atoms with Gasteiger partial charge in [0.1, 0.15) is 6.10 Å². The van der Waals surface area contributed by atoms with Crippen LogP contribution in [0.2, 0.25) is 4.34 Å². The van der Waals surface area contributed by atoms with E-state index in [2.05, 4.69) is 5.32 Å². The van der Waals surface area contributed by atoms with E-state index in [1.807, 2.05) is 6.92 Å². The first-order valence-corrected chi connectivity index (χ1v) is 7.10. The van der Waals surface area contributed by atoms with Crippen LogP contribution in [-0.2, 0) is 9.53 Å². The lowest BCUT2D eigenvalue weighted by Crippen LogP contribution is -2.36. The van der Waals surface area contributed by atoms with Crippen molar-refractivity contribution in [3.63, 3.8) is 0 Å². The third-order valence-corrected chi connectivity index (χ3v) is 4.44. The molecular weight excluding hydrogens is 274 g/mol. The Morgan fingerprint density at radius 3 is 3.06 bits per heavy atom. The predicted molar refractivity (Wildman–Crippen MR) is 70.8 cm³/mol. The number of rotatable bonds is 4. The van der Waals surface area contributed by atoms with E-state index in [9.17, 15) is 9.90 Å². The van der Waals surface area contributed by atoms with Crippen molar-refractivity contribution >= 4 is 28.8 Å². The third-order valence-electron chi connectivity index (χ3n) is 3.11. The maximum Gasteiger partial charge on any atom is 0.225 e. The SMILES string of the molecule is CC1OCCC1C(=O)NCC(O)c1ccc(Cl)s1. The molecule has 2 heterocycles. The number of halogens is 1. The molecule has 1 fully saturated rings. The Kier molecular flexibility index (Phi) is 4.61. The van der Waals surface area contributed by atoms with Crippen LogP contribution < -0.4 is 5.32 Å². The molecule has 6 heteroatoms. The Morgan fingerprint density at radius 2 is 2.50 bits per heavy atom. The molecule has 100 valence electrons. The summed E-state index contributed by atoms with van der Waals surface area (Å²) in [6.07, 6.45) is -0.00380. The molecule has 1 aromatic heterocycles. The van der Waals surface area contributed by atoms with Gasteiger partial charge >= 0.3 is 0 Å². The summed E-state index contributed by atoms with van der Waals surface area (Å²) >= 11 is 7.11. The van der Waals surface area contributed by atoms with Gasteiger partial charge in [-0.15, -0.1) is 11.3 Å². The first-order chi connectivity index (χ1) is 8.58. The van der Waals surface area contributed by atoms with E-state index < -0.39 is 6.10 Å². The van der Waals surface area contributed by atoms with Crippen molar-refractivity contribution in [3.8, 4) is 0 Å². The predicted octanol–water partition coefficient (Wildman–Crippen LogP) is 1.98. The fourth-order valence-corrected chi connectivity index (χ4v) is 3.06. The van der Waals surface area contributed by atoms with Crippen molar-refractivity contribution in [2.24, 2.45) is 5.92 Å². The standard InChI is InChI=1S/C12H16ClNO3S/c1-7-8(4-5-17-7)12(16)14-6-9(15)10-2-3-11(13)18-10/h2-3,7-9,15H,4-6H2,1H3,(H,14,16). The minimum atomic E-state index is -0.705. The molecule has 2 rings (SSSR count). The minimum Gasteiger partial charge on any atom is -0.386 e. The Morgan fingerprint density at radius 1 is 1.72 bits per heavy atom. The lowest BCUT2D eigenvalue weighted by molar-refractivity contribution is -0.126. The number of carbonyl (C=O) groups excluding carboxylic acids is 1. The maximum absolute atomic E-state index is 11.9. The van der Waals surface area contributed by atoms with Gasteiger partial charge in [0.2, 0.25) is 5.91 Å². The Bertz CT molecular complexity index is 423. The second-order valence-corrected chi connectivity index (χ2v) is 6.12. The molecule has 0 radical (unpaired) electrons. The summed E-state index contributed by atoms with van der Waals surface area (Å²) < 4.78 is 5.98. The quantitative estimate of drug-likeness (QED) is 0.891. The average molecular weight is 290 g/mol. The summed E-state index contributed by atoms with van der Waals surface area (Å²) in [6, 6.07) is 3.50. The maximum atomic E-state index is 11.9. The second kappa shape index (κ2) is 6.02. The summed E-state index contributed by atoms with van der Waals surface area (Å²) in [5.41, 5.74) is 0. The van der Waals surface area contributed by atoms with Gasteiger partial charge < -0.3 is 15.2 Å². The van der Waals surface area contributed by atoms with E-state index in [-0.39, 0.29) is 24.5 Å². The molecule has 18 heavy (non-hydrogen) atoms. The Hall–Kier alpha value is -0.620. The molecule has 1 aromatic rings. The molecule has 3 unspecified atom stereocenters. The van der Waals surface area contributed by atoms with Gasteiger partial charge in [0.15, 0.2) is 0 Å². The zero-order chi connectivity index (χ0) is 13.1. The molecule has 0 spiro atoms. The van der Waals surface area contributed by atoms with Crippen molar-refractivity contribution in [3.05, 3.63) is 21.3 Å². The molecule has 1 saturated heterocycles. The molecule has 0 bridgehead atoms. The third kappa shape index (κ3) is 3.23. The van der Waals surface area contributed by atoms with Crippen LogP contribution in [0.5, 0.6) is 0 Å². The molecule has 2 N–H and O–H groups in total. The van der Waals surface area contributed by atoms with Crippen molar-refractivity contribution in [2.75, 3.05) is 13.2 Å². The number of aliphatic hydroxyl groups excluding tert-OH is 1. The molecular formula is C12H16ClNO3S. The number of amides is 1. The highest BCUT2D eigenvalue weighted by Gasteiger charge is 2.30. The molecule has 1 aliphatic rings. The average Bonchev–Trinajstić information content (AvgIpc) is 2.94. The van der Waals surface area contributed by atoms with Gasteiger partial charge in [0.05, 0.1) is 16.4 Å². The van der Waals surface area contributed by atoms with Crippen molar-refractivity contribution in [1.82, 2.24) is 5.32 Å². The number of hydrogen-bond donors (Lipinski definition) is 2. The van der Waals surface area contributed by atoms with Crippen LogP contribution in [-0.4, -0.2) is 30.3 Å². The van der Waals surface area contributed by atoms with Gasteiger partial charge in [-0.25, -0.2) is 0 Å². The zero-order valence-corrected chi connectivity index (χ0v) is 11.6. The highest BCUT2D eigenvalue weighted by Crippen LogP contribution is 2.26. The van der Waals surface area contributed by atoms with E-state index in [0.717, 1.165) is 11.3 Å². The van der Waals surface area contributed by atoms with Crippen molar-refractivity contribution in [1.29, 1.82) is 0 Å². The Balaban J connectivity index is 1.82. The number of ether oxygens (including phenoxy) is 1. The zero-order valence-electron chi connectivity index (χ0n) is 10.1. The summed E-state index contributed by atoms with van der Waals surface area (Å²) in [6.45, 7) is 2.73. The number of carbonyl (C=O) groups is 1. The topological polar surface area (TPSA) is 58.6 Å². The van der Waals surface area contributed by atoms with E-state index in [1.165, 1.54) is 11.3 Å². The van der Waals surface area contributed by atoms with Crippen LogP contribution in [0.25, 0.3) is 0 Å². The first kappa shape index (κ1) is 13.8. The minimum absolute atomic E-state index is 0.0432. The van der Waals surface area contributed by atoms with E-state index in [4.69, 9.17) is 16.3 Å².